The highest BCUT2D eigenvalue weighted by Crippen LogP contribution is 2.22. The number of nitrogens with two attached hydrogens (primary N) is 1. The van der Waals surface area contributed by atoms with Gasteiger partial charge in [-0.1, -0.05) is 6.92 Å². The summed E-state index contributed by atoms with van der Waals surface area (Å²) in [6.45, 7) is 5.66. The molecule has 3 amide bonds. The monoisotopic (exact) mass is 199 g/mol. The Kier molecular flexibility index (Phi) is 2.80. The van der Waals surface area contributed by atoms with E-state index >= 15 is 0 Å². The molecule has 2 atom stereocenters. The van der Waals surface area contributed by atoms with Crippen molar-refractivity contribution < 1.29 is 9.59 Å². The van der Waals surface area contributed by atoms with Gasteiger partial charge in [0, 0.05) is 6.54 Å². The molecule has 1 saturated heterocycles. The molecule has 5 nitrogen and oxygen atoms in total. The van der Waals surface area contributed by atoms with E-state index in [0.717, 1.165) is 0 Å². The first-order valence-electron chi connectivity index (χ1n) is 4.82. The van der Waals surface area contributed by atoms with E-state index in [0.29, 0.717) is 13.0 Å². The van der Waals surface area contributed by atoms with Crippen LogP contribution < -0.4 is 11.1 Å². The molecule has 0 aliphatic carbocycles. The Morgan fingerprint density at radius 2 is 2.14 bits per heavy atom. The zero-order chi connectivity index (χ0) is 10.9. The molecular formula is C9H17N3O2. The third-order valence-electron chi connectivity index (χ3n) is 2.78. The summed E-state index contributed by atoms with van der Waals surface area (Å²) in [6.07, 6.45) is 0.589. The number of carbonyl (C=O) groups is 2. The van der Waals surface area contributed by atoms with E-state index < -0.39 is 5.54 Å². The van der Waals surface area contributed by atoms with Crippen LogP contribution in [-0.4, -0.2) is 35.0 Å². The molecule has 0 spiro atoms. The quantitative estimate of drug-likeness (QED) is 0.631. The Morgan fingerprint density at radius 3 is 2.50 bits per heavy atom. The summed E-state index contributed by atoms with van der Waals surface area (Å²) >= 11 is 0. The lowest BCUT2D eigenvalue weighted by Gasteiger charge is -2.22. The molecular weight excluding hydrogens is 182 g/mol. The number of urea groups is 1. The van der Waals surface area contributed by atoms with Crippen LogP contribution in [0.5, 0.6) is 0 Å². The summed E-state index contributed by atoms with van der Waals surface area (Å²) in [7, 11) is 0. The van der Waals surface area contributed by atoms with Crippen molar-refractivity contribution in [3.8, 4) is 0 Å². The highest BCUT2D eigenvalue weighted by Gasteiger charge is 2.47. The van der Waals surface area contributed by atoms with Crippen molar-refractivity contribution in [2.24, 2.45) is 5.73 Å². The van der Waals surface area contributed by atoms with Gasteiger partial charge in [-0.15, -0.1) is 0 Å². The number of carbonyl (C=O) groups excluding carboxylic acids is 2. The van der Waals surface area contributed by atoms with E-state index in [9.17, 15) is 9.59 Å². The number of rotatable bonds is 3. The summed E-state index contributed by atoms with van der Waals surface area (Å²) in [4.78, 5) is 24.6. The van der Waals surface area contributed by atoms with Crippen LogP contribution in [-0.2, 0) is 4.79 Å². The lowest BCUT2D eigenvalue weighted by molar-refractivity contribution is -0.132. The molecule has 1 aliphatic heterocycles. The number of imide groups is 1. The first-order chi connectivity index (χ1) is 6.46. The van der Waals surface area contributed by atoms with Gasteiger partial charge in [-0.2, -0.15) is 0 Å². The largest absolute Gasteiger partial charge is 0.328 e. The fraction of sp³-hybridized carbons (Fsp3) is 0.778. The molecule has 1 heterocycles. The normalized spacial score (nSPS) is 29.3. The Hall–Kier alpha value is -1.10. The minimum Gasteiger partial charge on any atom is -0.328 e. The van der Waals surface area contributed by atoms with Gasteiger partial charge in [-0.3, -0.25) is 9.69 Å². The molecule has 0 saturated carbocycles. The fourth-order valence-corrected chi connectivity index (χ4v) is 1.45. The molecule has 80 valence electrons. The number of nitrogens with one attached hydrogen (secondary N) is 1. The molecule has 1 rings (SSSR count). The molecule has 1 fully saturated rings. The van der Waals surface area contributed by atoms with Gasteiger partial charge in [0.25, 0.3) is 5.91 Å². The van der Waals surface area contributed by atoms with E-state index in [1.165, 1.54) is 4.90 Å². The fourth-order valence-electron chi connectivity index (χ4n) is 1.45. The lowest BCUT2D eigenvalue weighted by Crippen LogP contribution is -2.46. The predicted molar refractivity (Wildman–Crippen MR) is 52.6 cm³/mol. The second kappa shape index (κ2) is 3.57. The van der Waals surface area contributed by atoms with Crippen molar-refractivity contribution in [2.45, 2.75) is 38.8 Å². The van der Waals surface area contributed by atoms with Crippen molar-refractivity contribution in [2.75, 3.05) is 6.54 Å². The summed E-state index contributed by atoms with van der Waals surface area (Å²) in [5.74, 6) is -0.178. The summed E-state index contributed by atoms with van der Waals surface area (Å²) in [5, 5.41) is 2.68. The molecule has 0 bridgehead atoms. The molecule has 0 aromatic heterocycles. The maximum Gasteiger partial charge on any atom is 0.325 e. The van der Waals surface area contributed by atoms with Crippen molar-refractivity contribution in [1.82, 2.24) is 10.2 Å². The molecule has 3 N–H and O–H groups in total. The van der Waals surface area contributed by atoms with Crippen molar-refractivity contribution in [3.63, 3.8) is 0 Å². The standard InChI is InChI=1S/C9H17N3O2/c1-4-9(3)7(13)12(6(2)5-10)8(14)11-9/h6H,4-5,10H2,1-3H3,(H,11,14). The highest BCUT2D eigenvalue weighted by atomic mass is 16.2. The number of hydrogen-bond acceptors (Lipinski definition) is 3. The first-order valence-corrected chi connectivity index (χ1v) is 4.82. The average Bonchev–Trinajstić information content (AvgIpc) is 2.38. The van der Waals surface area contributed by atoms with Crippen molar-refractivity contribution >= 4 is 11.9 Å². The molecule has 0 aromatic rings. The summed E-state index contributed by atoms with van der Waals surface area (Å²) in [6, 6.07) is -0.576. The average molecular weight is 199 g/mol. The van der Waals surface area contributed by atoms with Crippen LogP contribution in [0.3, 0.4) is 0 Å². The van der Waals surface area contributed by atoms with Gasteiger partial charge in [-0.05, 0) is 20.3 Å². The van der Waals surface area contributed by atoms with Gasteiger partial charge in [0.2, 0.25) is 0 Å². The van der Waals surface area contributed by atoms with Crippen LogP contribution in [0.25, 0.3) is 0 Å². The molecule has 1 aliphatic rings. The zero-order valence-corrected chi connectivity index (χ0v) is 8.83. The van der Waals surface area contributed by atoms with Gasteiger partial charge in [0.15, 0.2) is 0 Å². The maximum absolute atomic E-state index is 11.9. The van der Waals surface area contributed by atoms with Gasteiger partial charge in [0.1, 0.15) is 5.54 Å². The maximum atomic E-state index is 11.9. The van der Waals surface area contributed by atoms with Gasteiger partial charge in [0.05, 0.1) is 6.04 Å². The molecule has 2 unspecified atom stereocenters. The molecule has 0 aromatic carbocycles. The number of nitrogens with zero attached hydrogens (tertiary/aromatic N) is 1. The Balaban J connectivity index is 2.91. The van der Waals surface area contributed by atoms with Gasteiger partial charge in [-0.25, -0.2) is 4.79 Å². The lowest BCUT2D eigenvalue weighted by atomic mass is 9.99. The van der Waals surface area contributed by atoms with Crippen LogP contribution in [0, 0.1) is 0 Å². The van der Waals surface area contributed by atoms with Crippen LogP contribution >= 0.6 is 0 Å². The van der Waals surface area contributed by atoms with E-state index in [1.54, 1.807) is 13.8 Å². The Labute approximate surface area is 83.6 Å². The van der Waals surface area contributed by atoms with Gasteiger partial charge < -0.3 is 11.1 Å². The SMILES string of the molecule is CCC1(C)NC(=O)N(C(C)CN)C1=O. The third-order valence-corrected chi connectivity index (χ3v) is 2.78. The second-order valence-corrected chi connectivity index (χ2v) is 3.88. The molecule has 0 radical (unpaired) electrons. The predicted octanol–water partition coefficient (Wildman–Crippen LogP) is 0.0541. The smallest absolute Gasteiger partial charge is 0.325 e. The molecule has 14 heavy (non-hydrogen) atoms. The van der Waals surface area contributed by atoms with E-state index in [1.807, 2.05) is 6.92 Å². The van der Waals surface area contributed by atoms with Crippen LogP contribution in [0.15, 0.2) is 0 Å². The number of amides is 3. The molecule has 5 heteroatoms. The van der Waals surface area contributed by atoms with Crippen LogP contribution in [0.2, 0.25) is 0 Å². The summed E-state index contributed by atoms with van der Waals surface area (Å²) < 4.78 is 0. The highest BCUT2D eigenvalue weighted by molar-refractivity contribution is 6.07. The second-order valence-electron chi connectivity index (χ2n) is 3.88. The first kappa shape index (κ1) is 11.0. The minimum absolute atomic E-state index is 0.178. The number of hydrogen-bond donors (Lipinski definition) is 2. The Bertz CT molecular complexity index is 267. The van der Waals surface area contributed by atoms with E-state index in [2.05, 4.69) is 5.32 Å². The minimum atomic E-state index is -0.749. The zero-order valence-electron chi connectivity index (χ0n) is 8.83. The van der Waals surface area contributed by atoms with Crippen LogP contribution in [0.1, 0.15) is 27.2 Å². The topological polar surface area (TPSA) is 75.4 Å². The van der Waals surface area contributed by atoms with Crippen molar-refractivity contribution in [1.29, 1.82) is 0 Å². The van der Waals surface area contributed by atoms with E-state index in [-0.39, 0.29) is 18.0 Å². The third kappa shape index (κ3) is 1.48. The van der Waals surface area contributed by atoms with Crippen molar-refractivity contribution in [3.05, 3.63) is 0 Å². The Morgan fingerprint density at radius 1 is 1.57 bits per heavy atom. The van der Waals surface area contributed by atoms with Gasteiger partial charge >= 0.3 is 6.03 Å². The van der Waals surface area contributed by atoms with Crippen LogP contribution in [0.4, 0.5) is 4.79 Å². The van der Waals surface area contributed by atoms with E-state index in [4.69, 9.17) is 5.73 Å². The summed E-state index contributed by atoms with van der Waals surface area (Å²) in [5.41, 5.74) is 4.68.